The molecule has 1 aliphatic carbocycles. The number of carbonyl (C=O) groups excluding carboxylic acids is 1. The molecule has 0 aliphatic heterocycles. The Hall–Kier alpha value is -3.02. The summed E-state index contributed by atoms with van der Waals surface area (Å²) in [5.74, 6) is 1.07. The highest BCUT2D eigenvalue weighted by molar-refractivity contribution is 5.76. The van der Waals surface area contributed by atoms with Crippen LogP contribution in [0.1, 0.15) is 42.3 Å². The SMILES string of the molecule is CN(C(=O)CCc1nc(-c2cccnc2)no1)C1CCCc2ccccc21. The average molecular weight is 362 g/mol. The lowest BCUT2D eigenvalue weighted by molar-refractivity contribution is -0.132. The standard InChI is InChI=1S/C21H22N4O2/c1-25(18-10-4-7-15-6-2-3-9-17(15)18)20(26)12-11-19-23-21(24-27-19)16-8-5-13-22-14-16/h2-3,5-6,8-9,13-14,18H,4,7,10-12H2,1H3. The Morgan fingerprint density at radius 2 is 2.15 bits per heavy atom. The van der Waals surface area contributed by atoms with Gasteiger partial charge in [-0.05, 0) is 42.5 Å². The van der Waals surface area contributed by atoms with Crippen LogP contribution >= 0.6 is 0 Å². The molecular weight excluding hydrogens is 340 g/mol. The van der Waals surface area contributed by atoms with E-state index in [1.807, 2.05) is 30.1 Å². The van der Waals surface area contributed by atoms with Gasteiger partial charge in [-0.3, -0.25) is 9.78 Å². The van der Waals surface area contributed by atoms with E-state index >= 15 is 0 Å². The summed E-state index contributed by atoms with van der Waals surface area (Å²) in [6.07, 6.45) is 7.38. The largest absolute Gasteiger partial charge is 0.339 e. The van der Waals surface area contributed by atoms with Crippen molar-refractivity contribution < 1.29 is 9.32 Å². The molecule has 0 fully saturated rings. The van der Waals surface area contributed by atoms with Crippen LogP contribution in [0, 0.1) is 0 Å². The van der Waals surface area contributed by atoms with Crippen molar-refractivity contribution in [3.05, 3.63) is 65.8 Å². The topological polar surface area (TPSA) is 72.1 Å². The maximum Gasteiger partial charge on any atom is 0.227 e. The predicted octanol–water partition coefficient (Wildman–Crippen LogP) is 3.60. The van der Waals surface area contributed by atoms with Crippen molar-refractivity contribution in [3.8, 4) is 11.4 Å². The molecular formula is C21H22N4O2. The number of benzene rings is 1. The van der Waals surface area contributed by atoms with Crippen LogP contribution in [0.25, 0.3) is 11.4 Å². The van der Waals surface area contributed by atoms with Gasteiger partial charge < -0.3 is 9.42 Å². The average Bonchev–Trinajstić information content (AvgIpc) is 3.21. The number of carbonyl (C=O) groups is 1. The van der Waals surface area contributed by atoms with Crippen LogP contribution in [0.2, 0.25) is 0 Å². The summed E-state index contributed by atoms with van der Waals surface area (Å²) in [5, 5.41) is 3.98. The first-order valence-electron chi connectivity index (χ1n) is 9.29. The summed E-state index contributed by atoms with van der Waals surface area (Å²) >= 11 is 0. The van der Waals surface area contributed by atoms with Crippen LogP contribution in [0.4, 0.5) is 0 Å². The van der Waals surface area contributed by atoms with E-state index in [9.17, 15) is 4.79 Å². The summed E-state index contributed by atoms with van der Waals surface area (Å²) in [6, 6.07) is 12.3. The number of aromatic nitrogens is 3. The van der Waals surface area contributed by atoms with Gasteiger partial charge in [0.15, 0.2) is 0 Å². The van der Waals surface area contributed by atoms with E-state index in [4.69, 9.17) is 4.52 Å². The van der Waals surface area contributed by atoms with E-state index in [1.54, 1.807) is 12.4 Å². The van der Waals surface area contributed by atoms with Gasteiger partial charge in [-0.25, -0.2) is 0 Å². The second-order valence-corrected chi connectivity index (χ2v) is 6.86. The zero-order chi connectivity index (χ0) is 18.6. The molecule has 0 spiro atoms. The van der Waals surface area contributed by atoms with E-state index < -0.39 is 0 Å². The molecule has 0 saturated heterocycles. The maximum atomic E-state index is 12.7. The highest BCUT2D eigenvalue weighted by Gasteiger charge is 2.26. The van der Waals surface area contributed by atoms with Gasteiger partial charge in [0.25, 0.3) is 0 Å². The van der Waals surface area contributed by atoms with Gasteiger partial charge in [0.1, 0.15) is 0 Å². The lowest BCUT2D eigenvalue weighted by Crippen LogP contribution is -2.33. The lowest BCUT2D eigenvalue weighted by Gasteiger charge is -2.33. The molecule has 1 aromatic carbocycles. The molecule has 4 rings (SSSR count). The van der Waals surface area contributed by atoms with E-state index in [1.165, 1.54) is 11.1 Å². The third kappa shape index (κ3) is 3.74. The van der Waals surface area contributed by atoms with Crippen LogP contribution < -0.4 is 0 Å². The number of nitrogens with zero attached hydrogens (tertiary/aromatic N) is 4. The number of hydrogen-bond donors (Lipinski definition) is 0. The predicted molar refractivity (Wildman–Crippen MR) is 101 cm³/mol. The van der Waals surface area contributed by atoms with Gasteiger partial charge in [-0.2, -0.15) is 4.98 Å². The number of pyridine rings is 1. The first kappa shape index (κ1) is 17.4. The number of fused-ring (bicyclic) bond motifs is 1. The van der Waals surface area contributed by atoms with E-state index in [0.717, 1.165) is 24.8 Å². The summed E-state index contributed by atoms with van der Waals surface area (Å²) < 4.78 is 5.29. The second kappa shape index (κ2) is 7.70. The van der Waals surface area contributed by atoms with Gasteiger partial charge in [-0.1, -0.05) is 29.4 Å². The number of aryl methyl sites for hydroxylation is 2. The Kier molecular flexibility index (Phi) is 4.96. The molecule has 1 unspecified atom stereocenters. The Balaban J connectivity index is 1.39. The van der Waals surface area contributed by atoms with E-state index in [-0.39, 0.29) is 11.9 Å². The molecule has 3 aromatic rings. The van der Waals surface area contributed by atoms with Gasteiger partial charge in [0.05, 0.1) is 6.04 Å². The van der Waals surface area contributed by atoms with Crippen molar-refractivity contribution in [2.75, 3.05) is 7.05 Å². The molecule has 6 nitrogen and oxygen atoms in total. The molecule has 27 heavy (non-hydrogen) atoms. The maximum absolute atomic E-state index is 12.7. The van der Waals surface area contributed by atoms with E-state index in [0.29, 0.717) is 24.6 Å². The Morgan fingerprint density at radius 1 is 1.26 bits per heavy atom. The van der Waals surface area contributed by atoms with Crippen molar-refractivity contribution in [1.82, 2.24) is 20.0 Å². The quantitative estimate of drug-likeness (QED) is 0.693. The van der Waals surface area contributed by atoms with Gasteiger partial charge in [-0.15, -0.1) is 0 Å². The molecule has 1 aliphatic rings. The highest BCUT2D eigenvalue weighted by atomic mass is 16.5. The number of hydrogen-bond acceptors (Lipinski definition) is 5. The minimum Gasteiger partial charge on any atom is -0.339 e. The van der Waals surface area contributed by atoms with Crippen LogP contribution in [-0.4, -0.2) is 33.0 Å². The van der Waals surface area contributed by atoms with Gasteiger partial charge in [0.2, 0.25) is 17.6 Å². The summed E-state index contributed by atoms with van der Waals surface area (Å²) in [7, 11) is 1.89. The Morgan fingerprint density at radius 3 is 3.00 bits per heavy atom. The molecule has 1 amide bonds. The molecule has 0 saturated carbocycles. The molecule has 0 radical (unpaired) electrons. The minimum atomic E-state index is 0.0952. The van der Waals surface area contributed by atoms with E-state index in [2.05, 4.69) is 33.3 Å². The molecule has 0 bridgehead atoms. The first-order chi connectivity index (χ1) is 13.2. The fraction of sp³-hybridized carbons (Fsp3) is 0.333. The molecule has 2 heterocycles. The smallest absolute Gasteiger partial charge is 0.227 e. The van der Waals surface area contributed by atoms with Crippen LogP contribution in [0.5, 0.6) is 0 Å². The molecule has 138 valence electrons. The fourth-order valence-corrected chi connectivity index (χ4v) is 3.66. The van der Waals surface area contributed by atoms with Crippen LogP contribution in [0.15, 0.2) is 53.3 Å². The van der Waals surface area contributed by atoms with Crippen molar-refractivity contribution in [2.24, 2.45) is 0 Å². The number of rotatable bonds is 5. The third-order valence-electron chi connectivity index (χ3n) is 5.14. The van der Waals surface area contributed by atoms with Crippen molar-refractivity contribution >= 4 is 5.91 Å². The fourth-order valence-electron chi connectivity index (χ4n) is 3.66. The normalized spacial score (nSPS) is 16.0. The monoisotopic (exact) mass is 362 g/mol. The minimum absolute atomic E-state index is 0.0952. The Labute approximate surface area is 158 Å². The van der Waals surface area contributed by atoms with Gasteiger partial charge in [0, 0.05) is 37.8 Å². The Bertz CT molecular complexity index is 923. The zero-order valence-electron chi connectivity index (χ0n) is 15.3. The molecule has 2 aromatic heterocycles. The summed E-state index contributed by atoms with van der Waals surface area (Å²) in [4.78, 5) is 23.0. The van der Waals surface area contributed by atoms with Crippen LogP contribution in [-0.2, 0) is 17.6 Å². The summed E-state index contributed by atoms with van der Waals surface area (Å²) in [6.45, 7) is 0. The van der Waals surface area contributed by atoms with Crippen molar-refractivity contribution in [2.45, 2.75) is 38.1 Å². The van der Waals surface area contributed by atoms with Crippen molar-refractivity contribution in [3.63, 3.8) is 0 Å². The number of amides is 1. The molecule has 0 N–H and O–H groups in total. The molecule has 6 heteroatoms. The first-order valence-corrected chi connectivity index (χ1v) is 9.29. The van der Waals surface area contributed by atoms with Crippen LogP contribution in [0.3, 0.4) is 0 Å². The lowest BCUT2D eigenvalue weighted by atomic mass is 9.87. The van der Waals surface area contributed by atoms with Crippen molar-refractivity contribution in [1.29, 1.82) is 0 Å². The zero-order valence-corrected chi connectivity index (χ0v) is 15.3. The summed E-state index contributed by atoms with van der Waals surface area (Å²) in [5.41, 5.74) is 3.43. The third-order valence-corrected chi connectivity index (χ3v) is 5.14. The molecule has 1 atom stereocenters. The second-order valence-electron chi connectivity index (χ2n) is 6.86. The van der Waals surface area contributed by atoms with Gasteiger partial charge >= 0.3 is 0 Å². The highest BCUT2D eigenvalue weighted by Crippen LogP contribution is 2.33.